The molecule has 1 atom stereocenters. The number of halogens is 1. The normalized spacial score (nSPS) is 16.1. The number of aliphatic hydroxyl groups is 1. The van der Waals surface area contributed by atoms with Crippen molar-refractivity contribution in [1.29, 1.82) is 0 Å². The third kappa shape index (κ3) is 4.06. The number of aliphatic hydroxyl groups excluding tert-OH is 1. The summed E-state index contributed by atoms with van der Waals surface area (Å²) < 4.78 is 6.80. The zero-order valence-electron chi connectivity index (χ0n) is 17.6. The number of Topliss-reactive ketones (excluding diaryl/α,β-unsaturated/α-hetero) is 1. The predicted octanol–water partition coefficient (Wildman–Crippen LogP) is 5.86. The number of carbonyl (C=O) groups excluding carboxylic acids is 2. The fourth-order valence-electron chi connectivity index (χ4n) is 4.23. The highest BCUT2D eigenvalue weighted by atomic mass is 127. The number of amides is 1. The number of para-hydroxylation sites is 1. The lowest BCUT2D eigenvalue weighted by atomic mass is 9.95. The zero-order valence-corrected chi connectivity index (χ0v) is 19.7. The van der Waals surface area contributed by atoms with Crippen LogP contribution in [0.4, 0.5) is 0 Å². The van der Waals surface area contributed by atoms with Crippen molar-refractivity contribution in [2.75, 3.05) is 6.54 Å². The number of nitrogens with zero attached hydrogens (tertiary/aromatic N) is 1. The van der Waals surface area contributed by atoms with Crippen LogP contribution in [0.1, 0.15) is 27.7 Å². The topological polar surface area (TPSA) is 70.8 Å². The number of hydrogen-bond donors (Lipinski definition) is 1. The highest BCUT2D eigenvalue weighted by Crippen LogP contribution is 2.39. The summed E-state index contributed by atoms with van der Waals surface area (Å²) in [5.41, 5.74) is 2.47. The Bertz CT molecular complexity index is 1340. The van der Waals surface area contributed by atoms with Crippen LogP contribution >= 0.6 is 22.6 Å². The number of rotatable bonds is 6. The van der Waals surface area contributed by atoms with Crippen molar-refractivity contribution in [1.82, 2.24) is 4.90 Å². The molecule has 1 amide bonds. The molecule has 6 heteroatoms. The molecule has 0 fully saturated rings. The van der Waals surface area contributed by atoms with Crippen LogP contribution in [0.25, 0.3) is 11.0 Å². The van der Waals surface area contributed by atoms with Crippen LogP contribution in [0, 0.1) is 3.57 Å². The monoisotopic (exact) mass is 549 g/mol. The number of benzene rings is 3. The van der Waals surface area contributed by atoms with E-state index in [1.807, 2.05) is 72.8 Å². The first-order chi connectivity index (χ1) is 16.0. The number of carbonyl (C=O) groups is 2. The van der Waals surface area contributed by atoms with Crippen LogP contribution in [0.5, 0.6) is 0 Å². The lowest BCUT2D eigenvalue weighted by Crippen LogP contribution is -2.33. The summed E-state index contributed by atoms with van der Waals surface area (Å²) in [6.45, 7) is 0.362. The van der Waals surface area contributed by atoms with Gasteiger partial charge in [0, 0.05) is 15.5 Å². The number of fused-ring (bicyclic) bond motifs is 1. The molecule has 2 heterocycles. The van der Waals surface area contributed by atoms with Gasteiger partial charge in [0.1, 0.15) is 5.58 Å². The van der Waals surface area contributed by atoms with Crippen LogP contribution in [0.15, 0.2) is 101 Å². The van der Waals surface area contributed by atoms with Gasteiger partial charge in [-0.05, 0) is 64.4 Å². The van der Waals surface area contributed by atoms with Gasteiger partial charge < -0.3 is 14.4 Å². The maximum Gasteiger partial charge on any atom is 0.290 e. The van der Waals surface area contributed by atoms with Gasteiger partial charge in [0.05, 0.1) is 11.6 Å². The molecule has 33 heavy (non-hydrogen) atoms. The Morgan fingerprint density at radius 3 is 2.39 bits per heavy atom. The van der Waals surface area contributed by atoms with Crippen molar-refractivity contribution in [2.24, 2.45) is 0 Å². The molecule has 1 aliphatic rings. The lowest BCUT2D eigenvalue weighted by Gasteiger charge is -2.26. The smallest absolute Gasteiger partial charge is 0.290 e. The first kappa shape index (κ1) is 21.5. The molecule has 0 radical (unpaired) electrons. The minimum Gasteiger partial charge on any atom is -0.503 e. The molecule has 1 N–H and O–H groups in total. The lowest BCUT2D eigenvalue weighted by molar-refractivity contribution is -0.129. The van der Waals surface area contributed by atoms with Gasteiger partial charge in [-0.3, -0.25) is 9.59 Å². The molecule has 164 valence electrons. The Kier molecular flexibility index (Phi) is 5.76. The highest BCUT2D eigenvalue weighted by molar-refractivity contribution is 14.1. The van der Waals surface area contributed by atoms with E-state index < -0.39 is 23.5 Å². The van der Waals surface area contributed by atoms with Gasteiger partial charge in [0.15, 0.2) is 11.5 Å². The van der Waals surface area contributed by atoms with Gasteiger partial charge in [0.2, 0.25) is 5.78 Å². The van der Waals surface area contributed by atoms with E-state index in [-0.39, 0.29) is 11.3 Å². The molecule has 0 aliphatic carbocycles. The zero-order chi connectivity index (χ0) is 22.9. The van der Waals surface area contributed by atoms with Crippen LogP contribution < -0.4 is 0 Å². The Hall–Kier alpha value is -3.39. The average Bonchev–Trinajstić information content (AvgIpc) is 3.38. The van der Waals surface area contributed by atoms with E-state index in [9.17, 15) is 14.7 Å². The molecule has 0 spiro atoms. The van der Waals surface area contributed by atoms with Crippen molar-refractivity contribution in [3.63, 3.8) is 0 Å². The molecule has 1 aromatic heterocycles. The second kappa shape index (κ2) is 8.86. The average molecular weight is 549 g/mol. The molecule has 1 aliphatic heterocycles. The summed E-state index contributed by atoms with van der Waals surface area (Å²) in [5.74, 6) is -1.44. The molecule has 0 saturated carbocycles. The predicted molar refractivity (Wildman–Crippen MR) is 134 cm³/mol. The van der Waals surface area contributed by atoms with Crippen LogP contribution in [0.2, 0.25) is 0 Å². The minimum absolute atomic E-state index is 0.0494. The molecule has 5 nitrogen and oxygen atoms in total. The van der Waals surface area contributed by atoms with E-state index in [1.165, 1.54) is 0 Å². The number of hydrogen-bond acceptors (Lipinski definition) is 4. The highest BCUT2D eigenvalue weighted by Gasteiger charge is 2.44. The van der Waals surface area contributed by atoms with Gasteiger partial charge in [0.25, 0.3) is 5.91 Å². The molecular weight excluding hydrogens is 529 g/mol. The molecule has 5 rings (SSSR count). The maximum absolute atomic E-state index is 13.6. The summed E-state index contributed by atoms with van der Waals surface area (Å²) in [6, 6.07) is 25.7. The SMILES string of the molecule is O=C(C1=C(O)C(=O)N(CCc2ccccc2)C1c1ccc(I)cc1)c1cc2ccccc2o1. The first-order valence-electron chi connectivity index (χ1n) is 10.6. The van der Waals surface area contributed by atoms with E-state index in [0.29, 0.717) is 18.5 Å². The molecular formula is C27H20INO4. The standard InChI is InChI=1S/C27H20INO4/c28-20-12-10-18(11-13-20)24-23(25(30)22-16-19-8-4-5-9-21(19)33-22)26(31)27(32)29(24)15-14-17-6-2-1-3-7-17/h1-13,16,24,31H,14-15H2. The second-order valence-corrected chi connectivity index (χ2v) is 9.17. The summed E-state index contributed by atoms with van der Waals surface area (Å²) in [6.07, 6.45) is 0.604. The van der Waals surface area contributed by atoms with Gasteiger partial charge in [-0.1, -0.05) is 60.7 Å². The van der Waals surface area contributed by atoms with E-state index in [4.69, 9.17) is 4.42 Å². The van der Waals surface area contributed by atoms with E-state index in [1.54, 1.807) is 17.0 Å². The Morgan fingerprint density at radius 2 is 1.67 bits per heavy atom. The summed E-state index contributed by atoms with van der Waals surface area (Å²) in [7, 11) is 0. The van der Waals surface area contributed by atoms with Gasteiger partial charge in [-0.15, -0.1) is 0 Å². The van der Waals surface area contributed by atoms with Crippen LogP contribution in [-0.2, 0) is 11.2 Å². The van der Waals surface area contributed by atoms with Gasteiger partial charge >= 0.3 is 0 Å². The summed E-state index contributed by atoms with van der Waals surface area (Å²) in [4.78, 5) is 28.3. The van der Waals surface area contributed by atoms with Gasteiger partial charge in [-0.2, -0.15) is 0 Å². The Labute approximate surface area is 204 Å². The first-order valence-corrected chi connectivity index (χ1v) is 11.7. The molecule has 0 bridgehead atoms. The summed E-state index contributed by atoms with van der Waals surface area (Å²) >= 11 is 2.21. The Balaban J connectivity index is 1.54. The fraction of sp³-hybridized carbons (Fsp3) is 0.111. The van der Waals surface area contributed by atoms with Crippen molar-refractivity contribution >= 4 is 45.3 Å². The van der Waals surface area contributed by atoms with Crippen molar-refractivity contribution in [3.8, 4) is 0 Å². The largest absolute Gasteiger partial charge is 0.503 e. The molecule has 0 saturated heterocycles. The molecule has 4 aromatic rings. The molecule has 1 unspecified atom stereocenters. The van der Waals surface area contributed by atoms with Crippen molar-refractivity contribution in [2.45, 2.75) is 12.5 Å². The second-order valence-electron chi connectivity index (χ2n) is 7.93. The quantitative estimate of drug-likeness (QED) is 0.242. The van der Waals surface area contributed by atoms with Crippen LogP contribution in [-0.4, -0.2) is 28.2 Å². The maximum atomic E-state index is 13.6. The van der Waals surface area contributed by atoms with Crippen molar-refractivity contribution < 1.29 is 19.1 Å². The molecule has 3 aromatic carbocycles. The van der Waals surface area contributed by atoms with Crippen LogP contribution in [0.3, 0.4) is 0 Å². The third-order valence-corrected chi connectivity index (χ3v) is 6.59. The minimum atomic E-state index is -0.695. The van der Waals surface area contributed by atoms with Gasteiger partial charge in [-0.25, -0.2) is 0 Å². The number of furan rings is 1. The van der Waals surface area contributed by atoms with Crippen molar-refractivity contribution in [3.05, 3.63) is 117 Å². The fourth-order valence-corrected chi connectivity index (χ4v) is 4.59. The summed E-state index contributed by atoms with van der Waals surface area (Å²) in [5, 5.41) is 11.6. The number of ketones is 1. The third-order valence-electron chi connectivity index (χ3n) is 5.87. The van der Waals surface area contributed by atoms with E-state index in [2.05, 4.69) is 22.6 Å². The van der Waals surface area contributed by atoms with E-state index in [0.717, 1.165) is 20.1 Å². The Morgan fingerprint density at radius 1 is 0.970 bits per heavy atom. The van der Waals surface area contributed by atoms with E-state index >= 15 is 0 Å².